The minimum atomic E-state index is 0.626. The number of nitrogens with two attached hydrogens (primary N) is 1. The molecule has 0 saturated heterocycles. The Kier molecular flexibility index (Phi) is 2.75. The van der Waals surface area contributed by atoms with Gasteiger partial charge in [0.2, 0.25) is 0 Å². The highest BCUT2D eigenvalue weighted by atomic mass is 79.9. The minimum absolute atomic E-state index is 0.626. The number of rotatable bonds is 3. The van der Waals surface area contributed by atoms with E-state index in [1.54, 1.807) is 10.9 Å². The summed E-state index contributed by atoms with van der Waals surface area (Å²) in [6, 6.07) is 0. The van der Waals surface area contributed by atoms with Crippen molar-refractivity contribution in [2.24, 2.45) is 7.05 Å². The molecule has 1 aromatic rings. The zero-order chi connectivity index (χ0) is 9.14. The van der Waals surface area contributed by atoms with Crippen molar-refractivity contribution in [1.29, 1.82) is 0 Å². The molecular weight excluding hydrogens is 220 g/mol. The average Bonchev–Trinajstić information content (AvgIpc) is 2.26. The molecule has 5 heteroatoms. The molecule has 1 heterocycles. The van der Waals surface area contributed by atoms with Gasteiger partial charge in [-0.15, -0.1) is 0 Å². The highest BCUT2D eigenvalue weighted by Crippen LogP contribution is 2.14. The fourth-order valence-corrected chi connectivity index (χ4v) is 0.964. The number of nitrogens with zero attached hydrogens (tertiary/aromatic N) is 2. The Labute approximate surface area is 79.6 Å². The summed E-state index contributed by atoms with van der Waals surface area (Å²) >= 11 is 3.23. The van der Waals surface area contributed by atoms with Crippen LogP contribution in [0.1, 0.15) is 0 Å². The first kappa shape index (κ1) is 9.12. The summed E-state index contributed by atoms with van der Waals surface area (Å²) in [6.45, 7) is 4.31. The largest absolute Gasteiger partial charge is 0.394 e. The molecule has 3 N–H and O–H groups in total. The first-order chi connectivity index (χ1) is 5.59. The minimum Gasteiger partial charge on any atom is -0.394 e. The number of hydrogen-bond donors (Lipinski definition) is 2. The standard InChI is InChI=1S/C7H11BrN4/c1-5(8)3-10-7-6(9)4-12(2)11-7/h4H,1,3,9H2,2H3,(H,10,11). The quantitative estimate of drug-likeness (QED) is 0.824. The number of aromatic nitrogens is 2. The van der Waals surface area contributed by atoms with Crippen LogP contribution in [0.3, 0.4) is 0 Å². The van der Waals surface area contributed by atoms with Crippen LogP contribution in [0.5, 0.6) is 0 Å². The Morgan fingerprint density at radius 3 is 3.00 bits per heavy atom. The van der Waals surface area contributed by atoms with Gasteiger partial charge in [-0.3, -0.25) is 4.68 Å². The predicted molar refractivity (Wildman–Crippen MR) is 54.2 cm³/mol. The highest BCUT2D eigenvalue weighted by molar-refractivity contribution is 9.11. The van der Waals surface area contributed by atoms with E-state index in [9.17, 15) is 0 Å². The van der Waals surface area contributed by atoms with Crippen molar-refractivity contribution in [3.63, 3.8) is 0 Å². The fraction of sp³-hybridized carbons (Fsp3) is 0.286. The van der Waals surface area contributed by atoms with Crippen LogP contribution < -0.4 is 11.1 Å². The van der Waals surface area contributed by atoms with Crippen LogP contribution in [-0.2, 0) is 7.05 Å². The fourth-order valence-electron chi connectivity index (χ4n) is 0.824. The molecule has 1 aromatic heterocycles. The maximum absolute atomic E-state index is 5.64. The van der Waals surface area contributed by atoms with E-state index >= 15 is 0 Å². The van der Waals surface area contributed by atoms with E-state index in [1.165, 1.54) is 0 Å². The van der Waals surface area contributed by atoms with E-state index < -0.39 is 0 Å². The maximum atomic E-state index is 5.64. The summed E-state index contributed by atoms with van der Waals surface area (Å²) in [7, 11) is 1.82. The monoisotopic (exact) mass is 230 g/mol. The lowest BCUT2D eigenvalue weighted by Gasteiger charge is -2.00. The van der Waals surface area contributed by atoms with Gasteiger partial charge in [-0.2, -0.15) is 5.10 Å². The van der Waals surface area contributed by atoms with Crippen LogP contribution in [-0.4, -0.2) is 16.3 Å². The second-order valence-electron chi connectivity index (χ2n) is 2.48. The topological polar surface area (TPSA) is 55.9 Å². The van der Waals surface area contributed by atoms with Crippen molar-refractivity contribution in [2.45, 2.75) is 0 Å². The summed E-state index contributed by atoms with van der Waals surface area (Å²) in [5, 5.41) is 7.13. The molecule has 1 rings (SSSR count). The second-order valence-corrected chi connectivity index (χ2v) is 3.60. The van der Waals surface area contributed by atoms with Gasteiger partial charge < -0.3 is 11.1 Å². The second kappa shape index (κ2) is 3.62. The van der Waals surface area contributed by atoms with E-state index in [4.69, 9.17) is 5.73 Å². The summed E-state index contributed by atoms with van der Waals surface area (Å²) in [5.74, 6) is 0.693. The van der Waals surface area contributed by atoms with Gasteiger partial charge in [-0.25, -0.2) is 0 Å². The lowest BCUT2D eigenvalue weighted by molar-refractivity contribution is 0.770. The Hall–Kier alpha value is -0.970. The molecule has 0 radical (unpaired) electrons. The molecule has 0 aliphatic heterocycles. The van der Waals surface area contributed by atoms with Crippen molar-refractivity contribution >= 4 is 27.4 Å². The van der Waals surface area contributed by atoms with Gasteiger partial charge in [-0.05, 0) is 0 Å². The summed E-state index contributed by atoms with van der Waals surface area (Å²) in [6.07, 6.45) is 1.75. The summed E-state index contributed by atoms with van der Waals surface area (Å²) < 4.78 is 2.53. The van der Waals surface area contributed by atoms with Gasteiger partial charge in [0.25, 0.3) is 0 Å². The molecule has 66 valence electrons. The number of aryl methyl sites for hydroxylation is 1. The van der Waals surface area contributed by atoms with E-state index in [0.717, 1.165) is 4.48 Å². The number of halogens is 1. The molecule has 4 nitrogen and oxygen atoms in total. The average molecular weight is 231 g/mol. The van der Waals surface area contributed by atoms with E-state index in [0.29, 0.717) is 18.1 Å². The van der Waals surface area contributed by atoms with Crippen LogP contribution in [0.25, 0.3) is 0 Å². The van der Waals surface area contributed by atoms with E-state index in [2.05, 4.69) is 32.9 Å². The van der Waals surface area contributed by atoms with Gasteiger partial charge in [0, 0.05) is 24.3 Å². The third-order valence-corrected chi connectivity index (χ3v) is 1.59. The van der Waals surface area contributed by atoms with Crippen molar-refractivity contribution in [3.05, 3.63) is 17.3 Å². The van der Waals surface area contributed by atoms with Crippen molar-refractivity contribution in [1.82, 2.24) is 9.78 Å². The molecular formula is C7H11BrN4. The van der Waals surface area contributed by atoms with E-state index in [-0.39, 0.29) is 0 Å². The molecule has 0 bridgehead atoms. The molecule has 0 saturated carbocycles. The van der Waals surface area contributed by atoms with E-state index in [1.807, 2.05) is 7.05 Å². The molecule has 0 amide bonds. The third kappa shape index (κ3) is 2.27. The number of nitrogen functional groups attached to an aromatic ring is 1. The Bertz CT molecular complexity index is 292. The van der Waals surface area contributed by atoms with Gasteiger partial charge in [0.05, 0.1) is 5.69 Å². The third-order valence-electron chi connectivity index (χ3n) is 1.30. The molecule has 0 aliphatic rings. The molecule has 0 spiro atoms. The van der Waals surface area contributed by atoms with Gasteiger partial charge in [0.1, 0.15) is 0 Å². The lowest BCUT2D eigenvalue weighted by atomic mass is 10.5. The molecule has 0 atom stereocenters. The maximum Gasteiger partial charge on any atom is 0.171 e. The molecule has 0 aromatic carbocycles. The van der Waals surface area contributed by atoms with Crippen LogP contribution in [0.15, 0.2) is 17.3 Å². The normalized spacial score (nSPS) is 9.83. The number of anilines is 2. The highest BCUT2D eigenvalue weighted by Gasteiger charge is 2.01. The number of hydrogen-bond acceptors (Lipinski definition) is 3. The number of nitrogens with one attached hydrogen (secondary N) is 1. The molecule has 0 aliphatic carbocycles. The van der Waals surface area contributed by atoms with Crippen LogP contribution in [0.2, 0.25) is 0 Å². The van der Waals surface area contributed by atoms with Crippen molar-refractivity contribution in [3.8, 4) is 0 Å². The van der Waals surface area contributed by atoms with Crippen LogP contribution >= 0.6 is 15.9 Å². The Morgan fingerprint density at radius 2 is 2.58 bits per heavy atom. The van der Waals surface area contributed by atoms with Crippen LogP contribution in [0.4, 0.5) is 11.5 Å². The molecule has 0 fully saturated rings. The first-order valence-electron chi connectivity index (χ1n) is 3.46. The van der Waals surface area contributed by atoms with Crippen molar-refractivity contribution < 1.29 is 0 Å². The zero-order valence-electron chi connectivity index (χ0n) is 6.84. The van der Waals surface area contributed by atoms with Gasteiger partial charge >= 0.3 is 0 Å². The predicted octanol–water partition coefficient (Wildman–Crippen LogP) is 1.32. The Morgan fingerprint density at radius 1 is 1.92 bits per heavy atom. The summed E-state index contributed by atoms with van der Waals surface area (Å²) in [4.78, 5) is 0. The van der Waals surface area contributed by atoms with Crippen LogP contribution in [0, 0.1) is 0 Å². The van der Waals surface area contributed by atoms with Gasteiger partial charge in [-0.1, -0.05) is 22.5 Å². The molecule has 0 unspecified atom stereocenters. The van der Waals surface area contributed by atoms with Crippen molar-refractivity contribution in [2.75, 3.05) is 17.6 Å². The first-order valence-corrected chi connectivity index (χ1v) is 4.25. The SMILES string of the molecule is C=C(Br)CNc1nn(C)cc1N. The lowest BCUT2D eigenvalue weighted by Crippen LogP contribution is -2.03. The van der Waals surface area contributed by atoms with Gasteiger partial charge in [0.15, 0.2) is 5.82 Å². The zero-order valence-corrected chi connectivity index (χ0v) is 8.43. The Balaban J connectivity index is 2.62. The molecule has 12 heavy (non-hydrogen) atoms. The smallest absolute Gasteiger partial charge is 0.171 e. The summed E-state index contributed by atoms with van der Waals surface area (Å²) in [5.41, 5.74) is 6.28.